The first-order chi connectivity index (χ1) is 10.7. The van der Waals surface area contributed by atoms with Crippen LogP contribution >= 0.6 is 0 Å². The third kappa shape index (κ3) is 6.63. The van der Waals surface area contributed by atoms with E-state index in [-0.39, 0.29) is 11.4 Å². The van der Waals surface area contributed by atoms with Gasteiger partial charge in [0.15, 0.2) is 0 Å². The summed E-state index contributed by atoms with van der Waals surface area (Å²) in [7, 11) is 0. The van der Waals surface area contributed by atoms with Gasteiger partial charge < -0.3 is 9.47 Å². The molecule has 2 unspecified atom stereocenters. The average molecular weight is 310 g/mol. The minimum Gasteiger partial charge on any atom is -0.468 e. The second kappa shape index (κ2) is 10.4. The van der Waals surface area contributed by atoms with Crippen molar-refractivity contribution in [1.29, 1.82) is 0 Å². The number of esters is 1. The zero-order valence-corrected chi connectivity index (χ0v) is 13.9. The Hall–Kier alpha value is -1.32. The molecule has 0 radical (unpaired) electrons. The molecule has 1 fully saturated rings. The van der Waals surface area contributed by atoms with Crippen LogP contribution in [0.3, 0.4) is 0 Å². The summed E-state index contributed by atoms with van der Waals surface area (Å²) in [6, 6.07) is 0. The van der Waals surface area contributed by atoms with E-state index in [1.165, 1.54) is 38.2 Å². The molecule has 2 atom stereocenters. The lowest BCUT2D eigenvalue weighted by Gasteiger charge is -2.32. The lowest BCUT2D eigenvalue weighted by molar-refractivity contribution is -0.138. The Labute approximate surface area is 134 Å². The molecule has 0 saturated heterocycles. The average Bonchev–Trinajstić information content (AvgIpc) is 2.71. The maximum Gasteiger partial charge on any atom is 0.330 e. The van der Waals surface area contributed by atoms with E-state index in [2.05, 4.69) is 13.5 Å². The quantitative estimate of drug-likeness (QED) is 0.201. The normalized spacial score (nSPS) is 25.0. The zero-order valence-electron chi connectivity index (χ0n) is 13.9. The van der Waals surface area contributed by atoms with Gasteiger partial charge in [-0.2, -0.15) is 0 Å². The van der Waals surface area contributed by atoms with Gasteiger partial charge in [0.25, 0.3) is 6.47 Å². The Kier molecular flexibility index (Phi) is 8.86. The largest absolute Gasteiger partial charge is 0.468 e. The van der Waals surface area contributed by atoms with Crippen LogP contribution in [0.5, 0.6) is 0 Å². The molecule has 1 rings (SSSR count). The molecule has 0 amide bonds. The molecule has 0 aromatic heterocycles. The lowest BCUT2D eigenvalue weighted by Crippen LogP contribution is -2.25. The first-order valence-corrected chi connectivity index (χ1v) is 8.50. The molecule has 0 spiro atoms. The molecular formula is C18H30O4. The molecule has 1 aliphatic rings. The predicted molar refractivity (Wildman–Crippen MR) is 86.3 cm³/mol. The van der Waals surface area contributed by atoms with E-state index in [9.17, 15) is 9.59 Å². The summed E-state index contributed by atoms with van der Waals surface area (Å²) in [4.78, 5) is 21.6. The summed E-state index contributed by atoms with van der Waals surface area (Å²) in [5.41, 5.74) is 0.132. The number of rotatable bonds is 10. The van der Waals surface area contributed by atoms with Crippen LogP contribution in [0.25, 0.3) is 0 Å². The van der Waals surface area contributed by atoms with Gasteiger partial charge in [0, 0.05) is 6.08 Å². The third-order valence-corrected chi connectivity index (χ3v) is 4.96. The Morgan fingerprint density at radius 1 is 1.27 bits per heavy atom. The maximum atomic E-state index is 11.2. The Balaban J connectivity index is 2.58. The molecule has 1 aliphatic carbocycles. The molecule has 22 heavy (non-hydrogen) atoms. The van der Waals surface area contributed by atoms with E-state index >= 15 is 0 Å². The van der Waals surface area contributed by atoms with Gasteiger partial charge in [0.1, 0.15) is 0 Å². The van der Waals surface area contributed by atoms with Gasteiger partial charge in [-0.05, 0) is 43.4 Å². The molecule has 4 nitrogen and oxygen atoms in total. The number of hydrogen-bond acceptors (Lipinski definition) is 4. The smallest absolute Gasteiger partial charge is 0.330 e. The first-order valence-electron chi connectivity index (χ1n) is 8.50. The SMILES string of the molecule is C=CC(=O)OCCC1(CCOC=O)CCCC(CCC)CC1. The molecule has 0 heterocycles. The van der Waals surface area contributed by atoms with Gasteiger partial charge in [-0.15, -0.1) is 0 Å². The van der Waals surface area contributed by atoms with Crippen LogP contribution in [0.15, 0.2) is 12.7 Å². The summed E-state index contributed by atoms with van der Waals surface area (Å²) in [6.45, 7) is 7.05. The van der Waals surface area contributed by atoms with Gasteiger partial charge in [-0.25, -0.2) is 4.79 Å². The van der Waals surface area contributed by atoms with Gasteiger partial charge >= 0.3 is 5.97 Å². The number of ether oxygens (including phenoxy) is 2. The summed E-state index contributed by atoms with van der Waals surface area (Å²) in [6.07, 6.45) is 11.4. The Morgan fingerprint density at radius 2 is 2.05 bits per heavy atom. The molecule has 0 bridgehead atoms. The second-order valence-corrected chi connectivity index (χ2v) is 6.42. The number of hydrogen-bond donors (Lipinski definition) is 0. The zero-order chi connectivity index (χ0) is 16.3. The molecular weight excluding hydrogens is 280 g/mol. The van der Waals surface area contributed by atoms with Crippen molar-refractivity contribution >= 4 is 12.4 Å². The molecule has 0 N–H and O–H groups in total. The monoisotopic (exact) mass is 310 g/mol. The molecule has 0 aromatic carbocycles. The van der Waals surface area contributed by atoms with Crippen LogP contribution in [0.4, 0.5) is 0 Å². The molecule has 126 valence electrons. The van der Waals surface area contributed by atoms with E-state index < -0.39 is 0 Å². The fourth-order valence-electron chi connectivity index (χ4n) is 3.62. The highest BCUT2D eigenvalue weighted by molar-refractivity contribution is 5.81. The molecule has 0 aromatic rings. The van der Waals surface area contributed by atoms with E-state index in [0.29, 0.717) is 19.7 Å². The van der Waals surface area contributed by atoms with Gasteiger partial charge in [-0.3, -0.25) is 4.79 Å². The number of carbonyl (C=O) groups excluding carboxylic acids is 2. The van der Waals surface area contributed by atoms with E-state index in [4.69, 9.17) is 9.47 Å². The fourth-order valence-corrected chi connectivity index (χ4v) is 3.62. The maximum absolute atomic E-state index is 11.2. The fraction of sp³-hybridized carbons (Fsp3) is 0.778. The van der Waals surface area contributed by atoms with Gasteiger partial charge in [0.05, 0.1) is 13.2 Å². The molecule has 0 aliphatic heterocycles. The van der Waals surface area contributed by atoms with Crippen molar-refractivity contribution in [3.63, 3.8) is 0 Å². The van der Waals surface area contributed by atoms with E-state index in [0.717, 1.165) is 31.6 Å². The van der Waals surface area contributed by atoms with E-state index in [1.54, 1.807) is 0 Å². The number of carbonyl (C=O) groups is 2. The van der Waals surface area contributed by atoms with Crippen molar-refractivity contribution in [2.45, 2.75) is 64.7 Å². The molecule has 1 saturated carbocycles. The van der Waals surface area contributed by atoms with Gasteiger partial charge in [-0.1, -0.05) is 39.2 Å². The van der Waals surface area contributed by atoms with Crippen molar-refractivity contribution in [3.05, 3.63) is 12.7 Å². The minimum atomic E-state index is -0.364. The third-order valence-electron chi connectivity index (χ3n) is 4.96. The highest BCUT2D eigenvalue weighted by atomic mass is 16.5. The highest BCUT2D eigenvalue weighted by Gasteiger charge is 2.33. The summed E-state index contributed by atoms with van der Waals surface area (Å²) in [5, 5.41) is 0. The van der Waals surface area contributed by atoms with Crippen LogP contribution in [-0.2, 0) is 19.1 Å². The van der Waals surface area contributed by atoms with Crippen molar-refractivity contribution in [1.82, 2.24) is 0 Å². The lowest BCUT2D eigenvalue weighted by atomic mass is 9.75. The van der Waals surface area contributed by atoms with Crippen molar-refractivity contribution in [2.75, 3.05) is 13.2 Å². The topological polar surface area (TPSA) is 52.6 Å². The van der Waals surface area contributed by atoms with E-state index in [1.807, 2.05) is 0 Å². The Morgan fingerprint density at radius 3 is 2.73 bits per heavy atom. The van der Waals surface area contributed by atoms with Crippen molar-refractivity contribution in [2.24, 2.45) is 11.3 Å². The van der Waals surface area contributed by atoms with Gasteiger partial charge in [0.2, 0.25) is 0 Å². The van der Waals surface area contributed by atoms with Crippen LogP contribution in [-0.4, -0.2) is 25.7 Å². The first kappa shape index (κ1) is 18.7. The second-order valence-electron chi connectivity index (χ2n) is 6.42. The van der Waals surface area contributed by atoms with Crippen LogP contribution in [0.2, 0.25) is 0 Å². The van der Waals surface area contributed by atoms with Crippen molar-refractivity contribution in [3.8, 4) is 0 Å². The summed E-state index contributed by atoms with van der Waals surface area (Å²) >= 11 is 0. The van der Waals surface area contributed by atoms with Crippen LogP contribution in [0.1, 0.15) is 64.7 Å². The van der Waals surface area contributed by atoms with Crippen LogP contribution < -0.4 is 0 Å². The van der Waals surface area contributed by atoms with Crippen LogP contribution in [0, 0.1) is 11.3 Å². The summed E-state index contributed by atoms with van der Waals surface area (Å²) < 4.78 is 10.1. The molecule has 4 heteroatoms. The minimum absolute atomic E-state index is 0.132. The van der Waals surface area contributed by atoms with Crippen molar-refractivity contribution < 1.29 is 19.1 Å². The standard InChI is InChI=1S/C18H30O4/c1-3-6-16-7-5-9-18(10-8-16,11-13-21-15-19)12-14-22-17(20)4-2/h4,15-16H,2-3,5-14H2,1H3. The Bertz CT molecular complexity index is 353. The highest BCUT2D eigenvalue weighted by Crippen LogP contribution is 2.43. The predicted octanol–water partition coefficient (Wildman–Crippen LogP) is 4.04. The summed E-state index contributed by atoms with van der Waals surface area (Å²) in [5.74, 6) is 0.450.